The molecule has 4 nitrogen and oxygen atoms in total. The van der Waals surface area contributed by atoms with Crippen LogP contribution in [0.15, 0.2) is 0 Å². The van der Waals surface area contributed by atoms with Gasteiger partial charge in [0.1, 0.15) is 6.61 Å². The average molecular weight is 244 g/mol. The van der Waals surface area contributed by atoms with E-state index in [-0.39, 0.29) is 6.61 Å². The number of rotatable bonds is 7. The largest absolute Gasteiger partial charge is 0.461 e. The summed E-state index contributed by atoms with van der Waals surface area (Å²) in [5, 5.41) is 10.2. The van der Waals surface area contributed by atoms with E-state index in [4.69, 9.17) is 9.47 Å². The van der Waals surface area contributed by atoms with Crippen molar-refractivity contribution in [2.24, 2.45) is 5.41 Å². The van der Waals surface area contributed by atoms with Crippen molar-refractivity contribution >= 4 is 5.97 Å². The molecule has 1 saturated heterocycles. The molecule has 4 heteroatoms. The first-order chi connectivity index (χ1) is 7.94. The molecule has 1 aliphatic heterocycles. The summed E-state index contributed by atoms with van der Waals surface area (Å²) in [6.07, 6.45) is 5.53. The maximum absolute atomic E-state index is 11.5. The second-order valence-corrected chi connectivity index (χ2v) is 5.37. The molecule has 1 atom stereocenters. The number of hydrogen-bond acceptors (Lipinski definition) is 4. The molecular weight excluding hydrogens is 220 g/mol. The zero-order chi connectivity index (χ0) is 12.9. The number of carbonyl (C=O) groups is 1. The molecule has 17 heavy (non-hydrogen) atoms. The Balaban J connectivity index is 2.32. The van der Waals surface area contributed by atoms with Crippen LogP contribution in [0.3, 0.4) is 0 Å². The summed E-state index contributed by atoms with van der Waals surface area (Å²) in [5.74, 6) is -2.42. The lowest BCUT2D eigenvalue weighted by atomic mass is 9.86. The van der Waals surface area contributed by atoms with Crippen molar-refractivity contribution in [1.29, 1.82) is 0 Å². The van der Waals surface area contributed by atoms with Crippen LogP contribution >= 0.6 is 0 Å². The highest BCUT2D eigenvalue weighted by Gasteiger charge is 2.58. The third-order valence-corrected chi connectivity index (χ3v) is 3.32. The minimum Gasteiger partial charge on any atom is -0.461 e. The number of ether oxygens (including phenoxy) is 2. The Morgan fingerprint density at radius 2 is 1.94 bits per heavy atom. The predicted molar refractivity (Wildman–Crippen MR) is 64.4 cm³/mol. The van der Waals surface area contributed by atoms with Gasteiger partial charge >= 0.3 is 5.97 Å². The first kappa shape index (κ1) is 14.5. The van der Waals surface area contributed by atoms with Gasteiger partial charge in [0.15, 0.2) is 0 Å². The molecule has 0 saturated carbocycles. The molecule has 100 valence electrons. The Morgan fingerprint density at radius 3 is 2.47 bits per heavy atom. The van der Waals surface area contributed by atoms with Crippen LogP contribution in [0.1, 0.15) is 52.9 Å². The molecule has 0 aromatic rings. The summed E-state index contributed by atoms with van der Waals surface area (Å²) in [7, 11) is 0. The van der Waals surface area contributed by atoms with Crippen LogP contribution < -0.4 is 0 Å². The average Bonchev–Trinajstić information content (AvgIpc) is 2.48. The number of aliphatic hydroxyl groups is 1. The summed E-state index contributed by atoms with van der Waals surface area (Å²) >= 11 is 0. The van der Waals surface area contributed by atoms with Crippen molar-refractivity contribution in [2.45, 2.75) is 58.7 Å². The van der Waals surface area contributed by atoms with Gasteiger partial charge in [0.05, 0.1) is 12.0 Å². The molecule has 0 radical (unpaired) electrons. The zero-order valence-corrected chi connectivity index (χ0v) is 11.1. The second kappa shape index (κ2) is 5.83. The normalized spacial score (nSPS) is 27.2. The van der Waals surface area contributed by atoms with E-state index in [1.165, 1.54) is 19.3 Å². The van der Waals surface area contributed by atoms with E-state index in [9.17, 15) is 9.90 Å². The zero-order valence-electron chi connectivity index (χ0n) is 11.1. The Kier molecular flexibility index (Phi) is 4.95. The molecule has 1 unspecified atom stereocenters. The SMILES string of the molecule is CCCCCCCOC1(O)C(=O)OCC1(C)C. The quantitative estimate of drug-likeness (QED) is 0.424. The highest BCUT2D eigenvalue weighted by atomic mass is 16.7. The minimum absolute atomic E-state index is 0.207. The van der Waals surface area contributed by atoms with Crippen LogP contribution in [0.2, 0.25) is 0 Å². The van der Waals surface area contributed by atoms with Crippen molar-refractivity contribution in [3.63, 3.8) is 0 Å². The molecule has 0 spiro atoms. The van der Waals surface area contributed by atoms with E-state index in [0.29, 0.717) is 6.61 Å². The van der Waals surface area contributed by atoms with Gasteiger partial charge in [-0.25, -0.2) is 4.79 Å². The number of esters is 1. The summed E-state index contributed by atoms with van der Waals surface area (Å²) in [5.41, 5.74) is -0.673. The van der Waals surface area contributed by atoms with Crippen molar-refractivity contribution in [3.05, 3.63) is 0 Å². The number of unbranched alkanes of at least 4 members (excludes halogenated alkanes) is 4. The Bertz CT molecular complexity index is 262. The standard InChI is InChI=1S/C13H24O4/c1-4-5-6-7-8-9-17-13(15)11(14)16-10-12(13,2)3/h15H,4-10H2,1-3H3. The highest BCUT2D eigenvalue weighted by Crippen LogP contribution is 2.39. The van der Waals surface area contributed by atoms with E-state index in [1.807, 2.05) is 0 Å². The van der Waals surface area contributed by atoms with E-state index in [2.05, 4.69) is 6.92 Å². The molecule has 1 aliphatic rings. The van der Waals surface area contributed by atoms with Crippen molar-refractivity contribution in [1.82, 2.24) is 0 Å². The molecular formula is C13H24O4. The van der Waals surface area contributed by atoms with E-state index in [0.717, 1.165) is 12.8 Å². The Morgan fingerprint density at radius 1 is 1.29 bits per heavy atom. The molecule has 1 N–H and O–H groups in total. The van der Waals surface area contributed by atoms with Gasteiger partial charge in [-0.15, -0.1) is 0 Å². The van der Waals surface area contributed by atoms with Crippen LogP contribution in [0.4, 0.5) is 0 Å². The lowest BCUT2D eigenvalue weighted by Crippen LogP contribution is -2.49. The maximum Gasteiger partial charge on any atom is 0.367 e. The Labute approximate surface area is 103 Å². The molecule has 0 aliphatic carbocycles. The maximum atomic E-state index is 11.5. The predicted octanol–water partition coefficient (Wildman–Crippen LogP) is 2.25. The number of carbonyl (C=O) groups excluding carboxylic acids is 1. The lowest BCUT2D eigenvalue weighted by Gasteiger charge is -2.30. The molecule has 0 aromatic carbocycles. The van der Waals surface area contributed by atoms with Crippen LogP contribution in [0, 0.1) is 5.41 Å². The molecule has 0 bridgehead atoms. The second-order valence-electron chi connectivity index (χ2n) is 5.37. The summed E-state index contributed by atoms with van der Waals surface area (Å²) in [6, 6.07) is 0. The van der Waals surface area contributed by atoms with Crippen LogP contribution in [-0.2, 0) is 14.3 Å². The number of hydrogen-bond donors (Lipinski definition) is 1. The smallest absolute Gasteiger partial charge is 0.367 e. The third-order valence-electron chi connectivity index (χ3n) is 3.32. The first-order valence-electron chi connectivity index (χ1n) is 6.47. The molecule has 1 fully saturated rings. The van der Waals surface area contributed by atoms with E-state index < -0.39 is 17.2 Å². The fourth-order valence-electron chi connectivity index (χ4n) is 1.90. The minimum atomic E-state index is -1.77. The van der Waals surface area contributed by atoms with Gasteiger partial charge < -0.3 is 14.6 Å². The van der Waals surface area contributed by atoms with Crippen LogP contribution in [0.25, 0.3) is 0 Å². The van der Waals surface area contributed by atoms with Crippen molar-refractivity contribution < 1.29 is 19.4 Å². The van der Waals surface area contributed by atoms with Gasteiger partial charge in [-0.1, -0.05) is 46.5 Å². The monoisotopic (exact) mass is 244 g/mol. The van der Waals surface area contributed by atoms with Crippen molar-refractivity contribution in [2.75, 3.05) is 13.2 Å². The van der Waals surface area contributed by atoms with Gasteiger partial charge in [-0.3, -0.25) is 0 Å². The van der Waals surface area contributed by atoms with Gasteiger partial charge in [0.25, 0.3) is 5.79 Å². The summed E-state index contributed by atoms with van der Waals surface area (Å²) in [6.45, 7) is 6.32. The topological polar surface area (TPSA) is 55.8 Å². The van der Waals surface area contributed by atoms with E-state index >= 15 is 0 Å². The molecule has 0 amide bonds. The lowest BCUT2D eigenvalue weighted by molar-refractivity contribution is -0.239. The van der Waals surface area contributed by atoms with Gasteiger partial charge in [0.2, 0.25) is 0 Å². The Hall–Kier alpha value is -0.610. The highest BCUT2D eigenvalue weighted by molar-refractivity contribution is 5.80. The number of cyclic esters (lactones) is 1. The van der Waals surface area contributed by atoms with Gasteiger partial charge in [0, 0.05) is 0 Å². The van der Waals surface area contributed by atoms with Crippen LogP contribution in [0.5, 0.6) is 0 Å². The molecule has 0 aromatic heterocycles. The third kappa shape index (κ3) is 3.19. The van der Waals surface area contributed by atoms with E-state index in [1.54, 1.807) is 13.8 Å². The molecule has 1 heterocycles. The summed E-state index contributed by atoms with van der Waals surface area (Å²) < 4.78 is 10.2. The fourth-order valence-corrected chi connectivity index (χ4v) is 1.90. The van der Waals surface area contributed by atoms with Gasteiger partial charge in [-0.2, -0.15) is 0 Å². The summed E-state index contributed by atoms with van der Waals surface area (Å²) in [4.78, 5) is 11.5. The van der Waals surface area contributed by atoms with Crippen molar-refractivity contribution in [3.8, 4) is 0 Å². The van der Waals surface area contributed by atoms with Gasteiger partial charge in [-0.05, 0) is 6.42 Å². The fraction of sp³-hybridized carbons (Fsp3) is 0.923. The van der Waals surface area contributed by atoms with Crippen LogP contribution in [-0.4, -0.2) is 30.1 Å². The molecule has 1 rings (SSSR count). The first-order valence-corrected chi connectivity index (χ1v) is 6.47.